The first kappa shape index (κ1) is 12.2. The van der Waals surface area contributed by atoms with Crippen molar-refractivity contribution in [3.8, 4) is 5.75 Å². The minimum Gasteiger partial charge on any atom is -0.489 e. The fourth-order valence-electron chi connectivity index (χ4n) is 2.44. The Morgan fingerprint density at radius 3 is 2.37 bits per heavy atom. The predicted molar refractivity (Wildman–Crippen MR) is 77.6 cm³/mol. The van der Waals surface area contributed by atoms with E-state index in [1.165, 1.54) is 11.1 Å². The third-order valence-corrected chi connectivity index (χ3v) is 3.49. The van der Waals surface area contributed by atoms with Gasteiger partial charge in [-0.1, -0.05) is 42.5 Å². The van der Waals surface area contributed by atoms with Gasteiger partial charge in [-0.3, -0.25) is 0 Å². The Kier molecular flexibility index (Phi) is 3.80. The second kappa shape index (κ2) is 5.89. The van der Waals surface area contributed by atoms with E-state index in [4.69, 9.17) is 4.74 Å². The lowest BCUT2D eigenvalue weighted by Crippen LogP contribution is -2.19. The van der Waals surface area contributed by atoms with E-state index in [2.05, 4.69) is 59.9 Å². The zero-order valence-electron chi connectivity index (χ0n) is 11.0. The van der Waals surface area contributed by atoms with Crippen molar-refractivity contribution in [1.82, 2.24) is 5.32 Å². The summed E-state index contributed by atoms with van der Waals surface area (Å²) in [6.07, 6.45) is 2.41. The number of ether oxygens (including phenoxy) is 1. The van der Waals surface area contributed by atoms with Gasteiger partial charge in [-0.25, -0.2) is 0 Å². The summed E-state index contributed by atoms with van der Waals surface area (Å²) in [5.41, 5.74) is 2.67. The molecule has 1 N–H and O–H groups in total. The third kappa shape index (κ3) is 3.36. The summed E-state index contributed by atoms with van der Waals surface area (Å²) in [6.45, 7) is 2.03. The molecule has 3 rings (SSSR count). The van der Waals surface area contributed by atoms with Crippen molar-refractivity contribution in [3.63, 3.8) is 0 Å². The third-order valence-electron chi connectivity index (χ3n) is 3.49. The van der Waals surface area contributed by atoms with Gasteiger partial charge >= 0.3 is 0 Å². The van der Waals surface area contributed by atoms with E-state index in [0.29, 0.717) is 6.10 Å². The van der Waals surface area contributed by atoms with Crippen LogP contribution in [0.15, 0.2) is 54.6 Å². The van der Waals surface area contributed by atoms with Gasteiger partial charge in [0.1, 0.15) is 11.9 Å². The Labute approximate surface area is 114 Å². The fourth-order valence-corrected chi connectivity index (χ4v) is 2.44. The molecule has 2 aromatic rings. The highest BCUT2D eigenvalue weighted by Gasteiger charge is 2.15. The maximum Gasteiger partial charge on any atom is 0.119 e. The molecular weight excluding hydrogens is 234 g/mol. The van der Waals surface area contributed by atoms with Crippen LogP contribution in [0.2, 0.25) is 0 Å². The number of benzene rings is 2. The van der Waals surface area contributed by atoms with Gasteiger partial charge in [-0.2, -0.15) is 0 Å². The van der Waals surface area contributed by atoms with Crippen molar-refractivity contribution >= 4 is 0 Å². The fraction of sp³-hybridized carbons (Fsp3) is 0.294. The largest absolute Gasteiger partial charge is 0.489 e. The molecule has 0 radical (unpaired) electrons. The Hall–Kier alpha value is -1.80. The average molecular weight is 253 g/mol. The Bertz CT molecular complexity index is 501. The first-order chi connectivity index (χ1) is 9.40. The number of nitrogens with one attached hydrogen (secondary N) is 1. The first-order valence-electron chi connectivity index (χ1n) is 6.90. The highest BCUT2D eigenvalue weighted by atomic mass is 16.5. The van der Waals surface area contributed by atoms with Crippen molar-refractivity contribution in [3.05, 3.63) is 65.7 Å². The molecule has 0 amide bonds. The normalized spacial score (nSPS) is 18.4. The van der Waals surface area contributed by atoms with Gasteiger partial charge < -0.3 is 10.1 Å². The molecule has 1 aliphatic heterocycles. The molecule has 1 heterocycles. The minimum atomic E-state index is 0.333. The summed E-state index contributed by atoms with van der Waals surface area (Å²) in [5, 5.41) is 3.31. The quantitative estimate of drug-likeness (QED) is 0.904. The molecule has 2 heteroatoms. The van der Waals surface area contributed by atoms with Crippen molar-refractivity contribution in [2.45, 2.75) is 18.9 Å². The Balaban J connectivity index is 1.62. The van der Waals surface area contributed by atoms with Gasteiger partial charge in [0.05, 0.1) is 0 Å². The number of hydrogen-bond acceptors (Lipinski definition) is 2. The lowest BCUT2D eigenvalue weighted by molar-refractivity contribution is 0.223. The van der Waals surface area contributed by atoms with Crippen LogP contribution >= 0.6 is 0 Å². The lowest BCUT2D eigenvalue weighted by Gasteiger charge is -2.12. The molecule has 0 unspecified atom stereocenters. The summed E-state index contributed by atoms with van der Waals surface area (Å²) >= 11 is 0. The molecule has 0 spiro atoms. The second-order valence-electron chi connectivity index (χ2n) is 5.04. The summed E-state index contributed by atoms with van der Waals surface area (Å²) in [5.74, 6) is 0.977. The zero-order valence-corrected chi connectivity index (χ0v) is 11.0. The molecule has 1 fully saturated rings. The van der Waals surface area contributed by atoms with E-state index < -0.39 is 0 Å². The van der Waals surface area contributed by atoms with Crippen LogP contribution in [0.4, 0.5) is 0 Å². The molecule has 98 valence electrons. The van der Waals surface area contributed by atoms with Gasteiger partial charge in [-0.05, 0) is 42.6 Å². The SMILES string of the molecule is c1ccc(Cc2ccc(O[C@H]3CCNC3)cc2)cc1. The van der Waals surface area contributed by atoms with Crippen molar-refractivity contribution in [1.29, 1.82) is 0 Å². The second-order valence-corrected chi connectivity index (χ2v) is 5.04. The molecule has 0 aromatic heterocycles. The van der Waals surface area contributed by atoms with Crippen molar-refractivity contribution in [2.24, 2.45) is 0 Å². The van der Waals surface area contributed by atoms with Crippen LogP contribution in [-0.4, -0.2) is 19.2 Å². The van der Waals surface area contributed by atoms with Crippen LogP contribution in [-0.2, 0) is 6.42 Å². The lowest BCUT2D eigenvalue weighted by atomic mass is 10.1. The monoisotopic (exact) mass is 253 g/mol. The molecule has 1 atom stereocenters. The standard InChI is InChI=1S/C17H19NO/c1-2-4-14(5-3-1)12-15-6-8-16(9-7-15)19-17-10-11-18-13-17/h1-9,17-18H,10-13H2/t17-/m0/s1. The van der Waals surface area contributed by atoms with Crippen molar-refractivity contribution in [2.75, 3.05) is 13.1 Å². The van der Waals surface area contributed by atoms with E-state index in [0.717, 1.165) is 31.7 Å². The maximum atomic E-state index is 5.92. The molecule has 1 saturated heterocycles. The predicted octanol–water partition coefficient (Wildman–Crippen LogP) is 3.02. The summed E-state index contributed by atoms with van der Waals surface area (Å²) < 4.78 is 5.92. The molecule has 0 saturated carbocycles. The van der Waals surface area contributed by atoms with Crippen LogP contribution in [0.5, 0.6) is 5.75 Å². The van der Waals surface area contributed by atoms with Gasteiger partial charge in [0, 0.05) is 6.54 Å². The Morgan fingerprint density at radius 2 is 1.68 bits per heavy atom. The summed E-state index contributed by atoms with van der Waals surface area (Å²) in [4.78, 5) is 0. The van der Waals surface area contributed by atoms with E-state index in [9.17, 15) is 0 Å². The summed E-state index contributed by atoms with van der Waals surface area (Å²) in [6, 6.07) is 19.0. The first-order valence-corrected chi connectivity index (χ1v) is 6.90. The average Bonchev–Trinajstić information content (AvgIpc) is 2.95. The van der Waals surface area contributed by atoms with Crippen LogP contribution < -0.4 is 10.1 Å². The Morgan fingerprint density at radius 1 is 0.947 bits per heavy atom. The highest BCUT2D eigenvalue weighted by molar-refractivity contribution is 5.31. The van der Waals surface area contributed by atoms with Crippen LogP contribution in [0.3, 0.4) is 0 Å². The topological polar surface area (TPSA) is 21.3 Å². The van der Waals surface area contributed by atoms with E-state index in [-0.39, 0.29) is 0 Å². The van der Waals surface area contributed by atoms with Gasteiger partial charge in [0.2, 0.25) is 0 Å². The molecule has 2 aromatic carbocycles. The van der Waals surface area contributed by atoms with Crippen molar-refractivity contribution < 1.29 is 4.74 Å². The molecule has 0 bridgehead atoms. The van der Waals surface area contributed by atoms with E-state index >= 15 is 0 Å². The molecule has 19 heavy (non-hydrogen) atoms. The van der Waals surface area contributed by atoms with Crippen LogP contribution in [0.1, 0.15) is 17.5 Å². The van der Waals surface area contributed by atoms with Crippen LogP contribution in [0, 0.1) is 0 Å². The van der Waals surface area contributed by atoms with E-state index in [1.807, 2.05) is 0 Å². The number of hydrogen-bond donors (Lipinski definition) is 1. The zero-order chi connectivity index (χ0) is 12.9. The maximum absolute atomic E-state index is 5.92. The molecule has 0 aliphatic carbocycles. The smallest absolute Gasteiger partial charge is 0.119 e. The minimum absolute atomic E-state index is 0.333. The van der Waals surface area contributed by atoms with E-state index in [1.54, 1.807) is 0 Å². The molecule has 1 aliphatic rings. The highest BCUT2D eigenvalue weighted by Crippen LogP contribution is 2.18. The molecule has 2 nitrogen and oxygen atoms in total. The number of rotatable bonds is 4. The van der Waals surface area contributed by atoms with Gasteiger partial charge in [0.15, 0.2) is 0 Å². The summed E-state index contributed by atoms with van der Waals surface area (Å²) in [7, 11) is 0. The van der Waals surface area contributed by atoms with Crippen LogP contribution in [0.25, 0.3) is 0 Å². The van der Waals surface area contributed by atoms with Gasteiger partial charge in [0.25, 0.3) is 0 Å². The molecular formula is C17H19NO. The van der Waals surface area contributed by atoms with Gasteiger partial charge in [-0.15, -0.1) is 0 Å².